The Morgan fingerprint density at radius 1 is 0.933 bits per heavy atom. The monoisotopic (exact) mass is 400 g/mol. The summed E-state index contributed by atoms with van der Waals surface area (Å²) in [5, 5.41) is 11.9. The lowest BCUT2D eigenvalue weighted by Crippen LogP contribution is -2.35. The molecule has 4 aromatic rings. The lowest BCUT2D eigenvalue weighted by atomic mass is 10.1. The number of benzene rings is 3. The Morgan fingerprint density at radius 3 is 2.53 bits per heavy atom. The molecule has 0 amide bonds. The van der Waals surface area contributed by atoms with E-state index < -0.39 is 6.10 Å². The first-order valence-corrected chi connectivity index (χ1v) is 10.3. The molecule has 3 aromatic carbocycles. The first-order chi connectivity index (χ1) is 14.6. The van der Waals surface area contributed by atoms with E-state index >= 15 is 0 Å². The van der Waals surface area contributed by atoms with Crippen molar-refractivity contribution in [2.24, 2.45) is 0 Å². The molecular weight excluding hydrogens is 372 g/mol. The predicted octanol–water partition coefficient (Wildman–Crippen LogP) is 5.23. The number of aromatic nitrogens is 1. The molecule has 30 heavy (non-hydrogen) atoms. The molecule has 0 spiro atoms. The van der Waals surface area contributed by atoms with E-state index in [4.69, 9.17) is 4.74 Å². The molecule has 154 valence electrons. The van der Waals surface area contributed by atoms with Gasteiger partial charge in [0.25, 0.3) is 0 Å². The van der Waals surface area contributed by atoms with Crippen molar-refractivity contribution in [2.75, 3.05) is 18.1 Å². The van der Waals surface area contributed by atoms with E-state index in [-0.39, 0.29) is 6.61 Å². The zero-order valence-corrected chi connectivity index (χ0v) is 17.5. The number of H-pyrrole nitrogens is 1. The van der Waals surface area contributed by atoms with Crippen LogP contribution in [0.5, 0.6) is 5.75 Å². The second kappa shape index (κ2) is 9.06. The van der Waals surface area contributed by atoms with Crippen molar-refractivity contribution < 1.29 is 9.84 Å². The fourth-order valence-electron chi connectivity index (χ4n) is 3.72. The number of aryl methyl sites for hydroxylation is 2. The van der Waals surface area contributed by atoms with E-state index in [9.17, 15) is 5.11 Å². The Balaban J connectivity index is 1.54. The number of aromatic amines is 1. The van der Waals surface area contributed by atoms with Crippen LogP contribution in [0.1, 0.15) is 16.7 Å². The first kappa shape index (κ1) is 20.0. The molecule has 0 saturated carbocycles. The number of hydrogen-bond donors (Lipinski definition) is 2. The van der Waals surface area contributed by atoms with E-state index in [1.807, 2.05) is 43.5 Å². The van der Waals surface area contributed by atoms with Gasteiger partial charge in [0.2, 0.25) is 0 Å². The molecule has 0 bridgehead atoms. The Labute approximate surface area is 177 Å². The molecule has 0 radical (unpaired) electrons. The van der Waals surface area contributed by atoms with Crippen LogP contribution in [0.25, 0.3) is 10.9 Å². The van der Waals surface area contributed by atoms with Gasteiger partial charge in [-0.25, -0.2) is 0 Å². The Morgan fingerprint density at radius 2 is 1.73 bits per heavy atom. The summed E-state index contributed by atoms with van der Waals surface area (Å²) in [6.45, 7) is 5.62. The van der Waals surface area contributed by atoms with E-state index in [2.05, 4.69) is 59.3 Å². The van der Waals surface area contributed by atoms with Crippen LogP contribution in [0.2, 0.25) is 0 Å². The molecule has 0 fully saturated rings. The summed E-state index contributed by atoms with van der Waals surface area (Å²) in [6.07, 6.45) is 1.33. The van der Waals surface area contributed by atoms with Crippen LogP contribution in [0.3, 0.4) is 0 Å². The van der Waals surface area contributed by atoms with Gasteiger partial charge >= 0.3 is 0 Å². The number of nitrogens with one attached hydrogen (secondary N) is 1. The molecule has 0 aliphatic rings. The highest BCUT2D eigenvalue weighted by molar-refractivity contribution is 5.92. The number of aliphatic hydroxyl groups excluding tert-OH is 1. The third-order valence-corrected chi connectivity index (χ3v) is 5.43. The SMILES string of the molecule is Cc1ccc(OCC(O)CN(Cc2ccccc2C)c2cccc3[nH]ccc23)cc1. The molecule has 0 aliphatic carbocycles. The Hall–Kier alpha value is -3.24. The molecular formula is C26H28N2O2. The summed E-state index contributed by atoms with van der Waals surface area (Å²) < 4.78 is 5.82. The fraction of sp³-hybridized carbons (Fsp3) is 0.231. The lowest BCUT2D eigenvalue weighted by Gasteiger charge is -2.29. The minimum absolute atomic E-state index is 0.246. The van der Waals surface area contributed by atoms with Crippen LogP contribution in [-0.4, -0.2) is 29.3 Å². The maximum absolute atomic E-state index is 10.8. The Kier molecular flexibility index (Phi) is 6.05. The van der Waals surface area contributed by atoms with Gasteiger partial charge in [0.15, 0.2) is 0 Å². The van der Waals surface area contributed by atoms with Crippen LogP contribution >= 0.6 is 0 Å². The standard InChI is InChI=1S/C26H28N2O2/c1-19-10-12-23(13-11-19)30-18-22(29)17-28(16-21-7-4-3-6-20(21)2)26-9-5-8-25-24(26)14-15-27-25/h3-15,22,27,29H,16-18H2,1-2H3. The zero-order valence-electron chi connectivity index (χ0n) is 17.5. The number of ether oxygens (including phenoxy) is 1. The predicted molar refractivity (Wildman–Crippen MR) is 123 cm³/mol. The van der Waals surface area contributed by atoms with E-state index in [1.54, 1.807) is 0 Å². The Bertz CT molecular complexity index is 1100. The van der Waals surface area contributed by atoms with Crippen molar-refractivity contribution in [3.8, 4) is 5.75 Å². The van der Waals surface area contributed by atoms with E-state index in [1.165, 1.54) is 16.7 Å². The molecule has 4 nitrogen and oxygen atoms in total. The second-order valence-electron chi connectivity index (χ2n) is 7.80. The fourth-order valence-corrected chi connectivity index (χ4v) is 3.72. The summed E-state index contributed by atoms with van der Waals surface area (Å²) in [4.78, 5) is 5.52. The molecule has 0 aliphatic heterocycles. The highest BCUT2D eigenvalue weighted by Crippen LogP contribution is 2.28. The van der Waals surface area contributed by atoms with Crippen LogP contribution in [-0.2, 0) is 6.54 Å². The van der Waals surface area contributed by atoms with Gasteiger partial charge in [-0.1, -0.05) is 48.0 Å². The molecule has 2 N–H and O–H groups in total. The highest BCUT2D eigenvalue weighted by atomic mass is 16.5. The van der Waals surface area contributed by atoms with Crippen molar-refractivity contribution in [3.05, 3.63) is 95.7 Å². The third kappa shape index (κ3) is 4.66. The number of anilines is 1. The summed E-state index contributed by atoms with van der Waals surface area (Å²) in [5.74, 6) is 0.776. The van der Waals surface area contributed by atoms with Crippen molar-refractivity contribution in [2.45, 2.75) is 26.5 Å². The number of hydrogen-bond acceptors (Lipinski definition) is 3. The van der Waals surface area contributed by atoms with Gasteiger partial charge < -0.3 is 19.7 Å². The van der Waals surface area contributed by atoms with Crippen LogP contribution < -0.4 is 9.64 Å². The summed E-state index contributed by atoms with van der Waals surface area (Å²) >= 11 is 0. The van der Waals surface area contributed by atoms with Crippen LogP contribution in [0.4, 0.5) is 5.69 Å². The molecule has 4 heteroatoms. The van der Waals surface area contributed by atoms with Crippen molar-refractivity contribution >= 4 is 16.6 Å². The van der Waals surface area contributed by atoms with Gasteiger partial charge in [-0.15, -0.1) is 0 Å². The number of nitrogens with zero attached hydrogens (tertiary/aromatic N) is 1. The smallest absolute Gasteiger partial charge is 0.119 e. The first-order valence-electron chi connectivity index (χ1n) is 10.3. The van der Waals surface area contributed by atoms with E-state index in [0.717, 1.165) is 28.9 Å². The minimum Gasteiger partial charge on any atom is -0.491 e. The molecule has 4 rings (SSSR count). The maximum Gasteiger partial charge on any atom is 0.119 e. The summed E-state index contributed by atoms with van der Waals surface area (Å²) in [7, 11) is 0. The normalized spacial score (nSPS) is 12.1. The molecule has 1 atom stereocenters. The van der Waals surface area contributed by atoms with Gasteiger partial charge in [-0.2, -0.15) is 0 Å². The van der Waals surface area contributed by atoms with Crippen LogP contribution in [0, 0.1) is 13.8 Å². The summed E-state index contributed by atoms with van der Waals surface area (Å²) in [6, 6.07) is 24.6. The number of fused-ring (bicyclic) bond motifs is 1. The summed E-state index contributed by atoms with van der Waals surface area (Å²) in [5.41, 5.74) is 5.87. The molecule has 0 saturated heterocycles. The lowest BCUT2D eigenvalue weighted by molar-refractivity contribution is 0.112. The maximum atomic E-state index is 10.8. The van der Waals surface area contributed by atoms with Gasteiger partial charge in [0.1, 0.15) is 18.5 Å². The highest BCUT2D eigenvalue weighted by Gasteiger charge is 2.17. The topological polar surface area (TPSA) is 48.5 Å². The minimum atomic E-state index is -0.621. The average Bonchev–Trinajstić information content (AvgIpc) is 3.23. The number of aliphatic hydroxyl groups is 1. The molecule has 1 unspecified atom stereocenters. The van der Waals surface area contributed by atoms with Gasteiger partial charge in [0.05, 0.1) is 0 Å². The molecule has 1 heterocycles. The third-order valence-electron chi connectivity index (χ3n) is 5.43. The largest absolute Gasteiger partial charge is 0.491 e. The molecule has 1 aromatic heterocycles. The second-order valence-corrected chi connectivity index (χ2v) is 7.80. The van der Waals surface area contributed by atoms with Gasteiger partial charge in [0, 0.05) is 35.9 Å². The van der Waals surface area contributed by atoms with Crippen molar-refractivity contribution in [1.29, 1.82) is 0 Å². The van der Waals surface area contributed by atoms with E-state index in [0.29, 0.717) is 6.54 Å². The average molecular weight is 401 g/mol. The van der Waals surface area contributed by atoms with Crippen molar-refractivity contribution in [3.63, 3.8) is 0 Å². The zero-order chi connectivity index (χ0) is 20.9. The van der Waals surface area contributed by atoms with Crippen LogP contribution in [0.15, 0.2) is 79.0 Å². The number of rotatable bonds is 8. The van der Waals surface area contributed by atoms with Crippen molar-refractivity contribution in [1.82, 2.24) is 4.98 Å². The van der Waals surface area contributed by atoms with Gasteiger partial charge in [-0.05, 0) is 55.3 Å². The van der Waals surface area contributed by atoms with Gasteiger partial charge in [-0.3, -0.25) is 0 Å². The quantitative estimate of drug-likeness (QED) is 0.426.